The van der Waals surface area contributed by atoms with Crippen LogP contribution in [0.2, 0.25) is 0 Å². The summed E-state index contributed by atoms with van der Waals surface area (Å²) in [5.74, 6) is -3.96. The summed E-state index contributed by atoms with van der Waals surface area (Å²) in [4.78, 5) is 71.0. The van der Waals surface area contributed by atoms with E-state index in [1.165, 1.54) is 40.7 Å². The van der Waals surface area contributed by atoms with Crippen LogP contribution in [-0.2, 0) is 45.3 Å². The molecule has 0 spiro atoms. The van der Waals surface area contributed by atoms with Gasteiger partial charge in [-0.1, -0.05) is 12.1 Å². The summed E-state index contributed by atoms with van der Waals surface area (Å²) >= 11 is 1.17. The Morgan fingerprint density at radius 3 is 2.37 bits per heavy atom. The van der Waals surface area contributed by atoms with Crippen LogP contribution in [0.3, 0.4) is 0 Å². The number of β-lactam (4-membered cyclic amide) rings is 1. The molecule has 1 aromatic carbocycles. The predicted octanol–water partition coefficient (Wildman–Crippen LogP) is -2.14. The molecule has 0 radical (unpaired) electrons. The fourth-order valence-corrected chi connectivity index (χ4v) is 5.71. The van der Waals surface area contributed by atoms with E-state index >= 15 is 0 Å². The van der Waals surface area contributed by atoms with E-state index in [9.17, 15) is 42.3 Å². The molecular formula is C21H24N6O12S2. The molecule has 20 heteroatoms. The summed E-state index contributed by atoms with van der Waals surface area (Å²) in [6, 6.07) is 2.86. The number of hydrogen-bond acceptors (Lipinski definition) is 12. The molecular weight excluding hydrogens is 592 g/mol. The highest BCUT2D eigenvalue weighted by Crippen LogP contribution is 2.40. The van der Waals surface area contributed by atoms with Gasteiger partial charge in [-0.05, 0) is 17.7 Å². The Kier molecular flexibility index (Phi) is 9.63. The first-order valence-corrected chi connectivity index (χ1v) is 13.9. The second-order valence-electron chi connectivity index (χ2n) is 8.44. The van der Waals surface area contributed by atoms with Gasteiger partial charge in [0.05, 0.1) is 12.1 Å². The van der Waals surface area contributed by atoms with Gasteiger partial charge in [0, 0.05) is 11.3 Å². The van der Waals surface area contributed by atoms with Gasteiger partial charge in [0.25, 0.3) is 5.91 Å². The number of thioether (sulfide) groups is 1. The molecule has 4 amide bonds. The molecule has 0 unspecified atom stereocenters. The third kappa shape index (κ3) is 7.99. The van der Waals surface area contributed by atoms with Crippen LogP contribution in [0.5, 0.6) is 0 Å². The second kappa shape index (κ2) is 12.7. The number of primary amides is 1. The summed E-state index contributed by atoms with van der Waals surface area (Å²) in [7, 11) is -4.45. The summed E-state index contributed by atoms with van der Waals surface area (Å²) < 4.78 is 36.8. The van der Waals surface area contributed by atoms with E-state index in [4.69, 9.17) is 16.6 Å². The van der Waals surface area contributed by atoms with Crippen molar-refractivity contribution in [2.75, 3.05) is 23.7 Å². The van der Waals surface area contributed by atoms with Crippen LogP contribution in [-0.4, -0.2) is 95.9 Å². The minimum absolute atomic E-state index is 0.00391. The van der Waals surface area contributed by atoms with Crippen molar-refractivity contribution < 1.29 is 56.9 Å². The van der Waals surface area contributed by atoms with Gasteiger partial charge in [0.1, 0.15) is 36.4 Å². The van der Waals surface area contributed by atoms with Crippen molar-refractivity contribution in [2.45, 2.75) is 23.9 Å². The van der Waals surface area contributed by atoms with Gasteiger partial charge >= 0.3 is 34.3 Å². The fourth-order valence-electron chi connectivity index (χ4n) is 3.61. The monoisotopic (exact) mass is 616 g/mol. The number of aliphatic carboxylic acids is 2. The molecule has 3 rings (SSSR count). The number of benzene rings is 1. The zero-order chi connectivity index (χ0) is 30.5. The molecule has 18 nitrogen and oxygen atoms in total. The van der Waals surface area contributed by atoms with Crippen molar-refractivity contribution in [3.05, 3.63) is 41.1 Å². The predicted molar refractivity (Wildman–Crippen MR) is 138 cm³/mol. The first-order chi connectivity index (χ1) is 19.2. The van der Waals surface area contributed by atoms with E-state index in [-0.39, 0.29) is 29.1 Å². The van der Waals surface area contributed by atoms with Crippen molar-refractivity contribution in [1.29, 1.82) is 0 Å². The lowest BCUT2D eigenvalue weighted by Crippen LogP contribution is -2.70. The molecule has 1 aromatic rings. The van der Waals surface area contributed by atoms with Gasteiger partial charge in [0.2, 0.25) is 5.91 Å². The minimum atomic E-state index is -4.45. The third-order valence-electron chi connectivity index (χ3n) is 5.45. The van der Waals surface area contributed by atoms with Crippen LogP contribution >= 0.6 is 11.8 Å². The number of carboxylic acid groups (broad SMARTS) is 2. The maximum atomic E-state index is 12.7. The molecule has 41 heavy (non-hydrogen) atoms. The molecule has 1 saturated heterocycles. The molecule has 3 atom stereocenters. The largest absolute Gasteiger partial charge is 0.480 e. The van der Waals surface area contributed by atoms with Gasteiger partial charge < -0.3 is 36.5 Å². The Bertz CT molecular complexity index is 1400. The van der Waals surface area contributed by atoms with Crippen LogP contribution in [0.1, 0.15) is 5.56 Å². The summed E-state index contributed by atoms with van der Waals surface area (Å²) in [6.07, 6.45) is -2.76. The molecule has 9 N–H and O–H groups in total. The van der Waals surface area contributed by atoms with Crippen molar-refractivity contribution in [3.63, 3.8) is 0 Å². The maximum Gasteiger partial charge on any atom is 0.422 e. The highest BCUT2D eigenvalue weighted by molar-refractivity contribution is 8.00. The third-order valence-corrected chi connectivity index (χ3v) is 7.73. The number of nitrogens with one attached hydrogen (secondary N) is 3. The number of nitrogens with two attached hydrogens (primary N) is 2. The SMILES string of the molecule is NC(=O)OCC1=C(C(=O)O)N2C(=O)[C@@H](NC(=O)Cc3ccc(NS(=O)(=O)NC(=O)OC[C@@H](N)C(=O)O)cc3)[C@@H]2SC1. The first-order valence-electron chi connectivity index (χ1n) is 11.3. The highest BCUT2D eigenvalue weighted by atomic mass is 32.2. The normalized spacial score (nSPS) is 18.8. The second-order valence-corrected chi connectivity index (χ2v) is 11.0. The quantitative estimate of drug-likeness (QED) is 0.123. The van der Waals surface area contributed by atoms with Crippen LogP contribution < -0.4 is 26.2 Å². The maximum absolute atomic E-state index is 12.7. The van der Waals surface area contributed by atoms with Gasteiger partial charge in [-0.25, -0.2) is 19.1 Å². The molecule has 2 aliphatic rings. The number of hydrogen-bond donors (Lipinski definition) is 7. The molecule has 2 heterocycles. The van der Waals surface area contributed by atoms with Crippen molar-refractivity contribution in [1.82, 2.24) is 14.9 Å². The number of carbonyl (C=O) groups excluding carboxylic acids is 4. The number of carboxylic acids is 2. The Labute approximate surface area is 235 Å². The van der Waals surface area contributed by atoms with Gasteiger partial charge in [-0.15, -0.1) is 11.8 Å². The van der Waals surface area contributed by atoms with E-state index in [1.54, 1.807) is 0 Å². The van der Waals surface area contributed by atoms with Crippen LogP contribution in [0, 0.1) is 0 Å². The molecule has 222 valence electrons. The van der Waals surface area contributed by atoms with Gasteiger partial charge in [-0.2, -0.15) is 8.42 Å². The van der Waals surface area contributed by atoms with Gasteiger partial charge in [-0.3, -0.25) is 24.0 Å². The molecule has 0 saturated carbocycles. The van der Waals surface area contributed by atoms with Crippen molar-refractivity contribution in [3.8, 4) is 0 Å². The Morgan fingerprint density at radius 2 is 1.78 bits per heavy atom. The van der Waals surface area contributed by atoms with E-state index in [1.807, 2.05) is 4.72 Å². The topological polar surface area (TPSA) is 287 Å². The molecule has 0 bridgehead atoms. The number of anilines is 1. The van der Waals surface area contributed by atoms with E-state index in [0.29, 0.717) is 5.56 Å². The number of rotatable bonds is 12. The van der Waals surface area contributed by atoms with E-state index < -0.39 is 76.8 Å². The standard InChI is InChI=1S/C21H24N6O12S2/c22-12(18(30)31)7-39-21(35)26-41(36,37)25-11-3-1-9(2-4-11)5-13(28)24-14-16(29)27-15(19(32)33)10(6-38-20(23)34)8-40-17(14)27/h1-4,12,14,17,25H,5-8,22H2,(H2,23,34)(H,24,28)(H,26,35)(H,30,31)(H,32,33)/t12-,14-,17+/m1/s1. The van der Waals surface area contributed by atoms with Gasteiger partial charge in [0.15, 0.2) is 0 Å². The molecule has 2 aliphatic heterocycles. The zero-order valence-electron chi connectivity index (χ0n) is 20.8. The zero-order valence-corrected chi connectivity index (χ0v) is 22.4. The number of ether oxygens (including phenoxy) is 2. The molecule has 0 aliphatic carbocycles. The lowest BCUT2D eigenvalue weighted by Gasteiger charge is -2.49. The van der Waals surface area contributed by atoms with Crippen molar-refractivity contribution in [2.24, 2.45) is 11.5 Å². The number of nitrogens with zero attached hydrogens (tertiary/aromatic N) is 1. The van der Waals surface area contributed by atoms with Crippen LogP contribution in [0.4, 0.5) is 15.3 Å². The number of amides is 4. The Balaban J connectivity index is 1.53. The minimum Gasteiger partial charge on any atom is -0.480 e. The smallest absolute Gasteiger partial charge is 0.422 e. The van der Waals surface area contributed by atoms with Crippen LogP contribution in [0.25, 0.3) is 0 Å². The number of fused-ring (bicyclic) bond motifs is 1. The average molecular weight is 617 g/mol. The Morgan fingerprint density at radius 1 is 1.12 bits per heavy atom. The average Bonchev–Trinajstić information content (AvgIpc) is 2.88. The van der Waals surface area contributed by atoms with Crippen LogP contribution in [0.15, 0.2) is 35.5 Å². The summed E-state index contributed by atoms with van der Waals surface area (Å²) in [6.45, 7) is -1.16. The highest BCUT2D eigenvalue weighted by Gasteiger charge is 2.54. The molecule has 1 fully saturated rings. The fraction of sp³-hybridized carbons (Fsp3) is 0.333. The number of carbonyl (C=O) groups is 6. The lowest BCUT2D eigenvalue weighted by molar-refractivity contribution is -0.150. The summed E-state index contributed by atoms with van der Waals surface area (Å²) in [5.41, 5.74) is 10.3. The first kappa shape index (κ1) is 31.0. The Hall–Kier alpha value is -4.56. The lowest BCUT2D eigenvalue weighted by atomic mass is 10.0. The van der Waals surface area contributed by atoms with E-state index in [0.717, 1.165) is 4.90 Å². The molecule has 0 aromatic heterocycles. The summed E-state index contributed by atoms with van der Waals surface area (Å²) in [5, 5.41) is 20.1. The van der Waals surface area contributed by atoms with Crippen molar-refractivity contribution >= 4 is 63.6 Å². The van der Waals surface area contributed by atoms with E-state index in [2.05, 4.69) is 14.8 Å².